The fourth-order valence-corrected chi connectivity index (χ4v) is 1.33. The van der Waals surface area contributed by atoms with Crippen LogP contribution in [0.15, 0.2) is 22.4 Å². The molecule has 0 aliphatic rings. The van der Waals surface area contributed by atoms with Gasteiger partial charge in [0.15, 0.2) is 0 Å². The maximum atomic E-state index is 9.26. The second-order valence-corrected chi connectivity index (χ2v) is 4.25. The summed E-state index contributed by atoms with van der Waals surface area (Å²) >= 11 is 0. The topological polar surface area (TPSA) is 153 Å². The molecule has 0 saturated carbocycles. The monoisotopic (exact) mass is 320 g/mol. The number of nitrogens with zero attached hydrogens (tertiary/aromatic N) is 4. The molecule has 0 aromatic rings. The van der Waals surface area contributed by atoms with Crippen LogP contribution >= 0.6 is 0 Å². The molecular formula is C12H24N4O6. The van der Waals surface area contributed by atoms with E-state index in [1.807, 2.05) is 0 Å². The fraction of sp³-hybridized carbons (Fsp3) is 0.667. The molecule has 10 nitrogen and oxygen atoms in total. The Morgan fingerprint density at radius 2 is 1.32 bits per heavy atom. The summed E-state index contributed by atoms with van der Waals surface area (Å²) in [6.45, 7) is 2.12. The normalized spacial score (nSPS) is 12.7. The van der Waals surface area contributed by atoms with Gasteiger partial charge in [-0.25, -0.2) is 9.98 Å². The van der Waals surface area contributed by atoms with Crippen molar-refractivity contribution in [2.24, 2.45) is 15.9 Å². The number of amidine groups is 2. The first-order valence-electron chi connectivity index (χ1n) is 6.46. The van der Waals surface area contributed by atoms with Crippen molar-refractivity contribution in [2.75, 3.05) is 40.1 Å². The maximum absolute atomic E-state index is 9.26. The molecule has 0 aromatic carbocycles. The minimum absolute atomic E-state index is 0.0219. The van der Waals surface area contributed by atoms with Crippen LogP contribution in [0.2, 0.25) is 0 Å². The fourth-order valence-electron chi connectivity index (χ4n) is 1.33. The van der Waals surface area contributed by atoms with Crippen molar-refractivity contribution >= 4 is 11.7 Å². The number of hydrogen-bond donors (Lipinski definition) is 6. The number of aliphatic imine (C=N–C) groups is 2. The SMILES string of the molecule is C=C(N=C(N=C(C)N(CO)CO)C(CO)CO)N(CO)CO. The molecule has 0 heterocycles. The minimum Gasteiger partial charge on any atom is -0.396 e. The summed E-state index contributed by atoms with van der Waals surface area (Å²) < 4.78 is 0. The van der Waals surface area contributed by atoms with Crippen molar-refractivity contribution in [3.8, 4) is 0 Å². The number of aliphatic hydroxyl groups excluding tert-OH is 6. The Hall–Kier alpha value is -1.56. The first-order chi connectivity index (χ1) is 10.5. The highest BCUT2D eigenvalue weighted by Crippen LogP contribution is 2.09. The van der Waals surface area contributed by atoms with Crippen LogP contribution in [0.25, 0.3) is 0 Å². The Balaban J connectivity index is 5.55. The molecule has 0 bridgehead atoms. The molecule has 0 aliphatic carbocycles. The predicted octanol–water partition coefficient (Wildman–Crippen LogP) is -2.72. The highest BCUT2D eigenvalue weighted by Gasteiger charge is 2.17. The second kappa shape index (κ2) is 11.1. The summed E-state index contributed by atoms with van der Waals surface area (Å²) in [6.07, 6.45) is 0. The van der Waals surface area contributed by atoms with E-state index in [-0.39, 0.29) is 17.5 Å². The summed E-state index contributed by atoms with van der Waals surface area (Å²) in [7, 11) is 0. The van der Waals surface area contributed by atoms with Crippen LogP contribution < -0.4 is 0 Å². The van der Waals surface area contributed by atoms with Gasteiger partial charge in [0.05, 0.1) is 19.1 Å². The summed E-state index contributed by atoms with van der Waals surface area (Å²) in [4.78, 5) is 10.2. The molecule has 6 N–H and O–H groups in total. The van der Waals surface area contributed by atoms with E-state index in [1.165, 1.54) is 6.92 Å². The average Bonchev–Trinajstić information content (AvgIpc) is 2.50. The zero-order chi connectivity index (χ0) is 17.1. The van der Waals surface area contributed by atoms with Gasteiger partial charge in [-0.15, -0.1) is 0 Å². The molecule has 0 atom stereocenters. The van der Waals surface area contributed by atoms with Crippen LogP contribution in [-0.4, -0.2) is 92.2 Å². The van der Waals surface area contributed by atoms with Gasteiger partial charge in [0.1, 0.15) is 44.4 Å². The van der Waals surface area contributed by atoms with E-state index in [2.05, 4.69) is 16.6 Å². The van der Waals surface area contributed by atoms with Crippen LogP contribution in [0.3, 0.4) is 0 Å². The molecule has 10 heteroatoms. The Morgan fingerprint density at radius 1 is 0.864 bits per heavy atom. The Bertz CT molecular complexity index is 389. The molecular weight excluding hydrogens is 296 g/mol. The molecule has 0 saturated heterocycles. The van der Waals surface area contributed by atoms with E-state index in [4.69, 9.17) is 20.4 Å². The molecule has 22 heavy (non-hydrogen) atoms. The van der Waals surface area contributed by atoms with Gasteiger partial charge in [0.2, 0.25) is 0 Å². The summed E-state index contributed by atoms with van der Waals surface area (Å²) in [5, 5.41) is 54.7. The van der Waals surface area contributed by atoms with Crippen LogP contribution in [0.5, 0.6) is 0 Å². The zero-order valence-corrected chi connectivity index (χ0v) is 12.5. The summed E-state index contributed by atoms with van der Waals surface area (Å²) in [6, 6.07) is 0. The van der Waals surface area contributed by atoms with Gasteiger partial charge < -0.3 is 40.4 Å². The molecule has 0 spiro atoms. The third-order valence-corrected chi connectivity index (χ3v) is 2.83. The zero-order valence-electron chi connectivity index (χ0n) is 12.5. The molecule has 128 valence electrons. The lowest BCUT2D eigenvalue weighted by atomic mass is 10.1. The lowest BCUT2D eigenvalue weighted by Crippen LogP contribution is -2.33. The van der Waals surface area contributed by atoms with Crippen LogP contribution in [0.4, 0.5) is 0 Å². The third-order valence-electron chi connectivity index (χ3n) is 2.83. The molecule has 0 fully saturated rings. The van der Waals surface area contributed by atoms with E-state index in [0.29, 0.717) is 0 Å². The molecule has 0 rings (SSSR count). The van der Waals surface area contributed by atoms with Crippen LogP contribution in [-0.2, 0) is 0 Å². The van der Waals surface area contributed by atoms with Crippen molar-refractivity contribution in [3.05, 3.63) is 12.4 Å². The van der Waals surface area contributed by atoms with Gasteiger partial charge in [-0.3, -0.25) is 0 Å². The van der Waals surface area contributed by atoms with Gasteiger partial charge >= 0.3 is 0 Å². The molecule has 0 unspecified atom stereocenters. The Morgan fingerprint density at radius 3 is 1.68 bits per heavy atom. The first kappa shape index (κ1) is 20.4. The smallest absolute Gasteiger partial charge is 0.140 e. The molecule has 0 amide bonds. The standard InChI is InChI=1S/C12H24N4O6/c1-9(15(5-19)6-20)13-12(11(3-17)4-18)14-10(2)16(7-21)8-22/h11,17-22H,1,3-8H2,2H3. The number of hydrogen-bond acceptors (Lipinski definition) is 8. The van der Waals surface area contributed by atoms with Crippen molar-refractivity contribution in [1.82, 2.24) is 9.80 Å². The van der Waals surface area contributed by atoms with Crippen molar-refractivity contribution in [1.29, 1.82) is 0 Å². The minimum atomic E-state index is -0.829. The Kier molecular flexibility index (Phi) is 10.3. The van der Waals surface area contributed by atoms with E-state index in [9.17, 15) is 10.2 Å². The average molecular weight is 320 g/mol. The van der Waals surface area contributed by atoms with Crippen molar-refractivity contribution in [2.45, 2.75) is 6.92 Å². The maximum Gasteiger partial charge on any atom is 0.140 e. The Labute approximate surface area is 128 Å². The first-order valence-corrected chi connectivity index (χ1v) is 6.46. The lowest BCUT2D eigenvalue weighted by molar-refractivity contribution is 0.0570. The third kappa shape index (κ3) is 6.05. The number of aliphatic hydroxyl groups is 6. The van der Waals surface area contributed by atoms with Crippen molar-refractivity contribution < 1.29 is 30.6 Å². The van der Waals surface area contributed by atoms with E-state index in [1.54, 1.807) is 0 Å². The van der Waals surface area contributed by atoms with E-state index in [0.717, 1.165) is 9.80 Å². The van der Waals surface area contributed by atoms with Gasteiger partial charge in [-0.05, 0) is 6.92 Å². The molecule has 0 aliphatic heterocycles. The predicted molar refractivity (Wildman–Crippen MR) is 79.4 cm³/mol. The van der Waals surface area contributed by atoms with Crippen LogP contribution in [0.1, 0.15) is 6.92 Å². The van der Waals surface area contributed by atoms with E-state index >= 15 is 0 Å². The van der Waals surface area contributed by atoms with Gasteiger partial charge in [-0.2, -0.15) is 0 Å². The molecule has 0 aromatic heterocycles. The van der Waals surface area contributed by atoms with E-state index < -0.39 is 46.1 Å². The lowest BCUT2D eigenvalue weighted by Gasteiger charge is -2.22. The van der Waals surface area contributed by atoms with Gasteiger partial charge in [0.25, 0.3) is 0 Å². The largest absolute Gasteiger partial charge is 0.396 e. The second-order valence-electron chi connectivity index (χ2n) is 4.25. The molecule has 0 radical (unpaired) electrons. The van der Waals surface area contributed by atoms with Gasteiger partial charge in [0, 0.05) is 0 Å². The quantitative estimate of drug-likeness (QED) is 0.152. The van der Waals surface area contributed by atoms with Gasteiger partial charge in [-0.1, -0.05) is 6.58 Å². The van der Waals surface area contributed by atoms with Crippen LogP contribution in [0, 0.1) is 5.92 Å². The number of rotatable bonds is 9. The summed E-state index contributed by atoms with van der Waals surface area (Å²) in [5.41, 5.74) is 0. The highest BCUT2D eigenvalue weighted by molar-refractivity contribution is 5.97. The highest BCUT2D eigenvalue weighted by atomic mass is 16.3. The van der Waals surface area contributed by atoms with Crippen molar-refractivity contribution in [3.63, 3.8) is 0 Å². The summed E-state index contributed by atoms with van der Waals surface area (Å²) in [5.74, 6) is -0.678.